The van der Waals surface area contributed by atoms with Crippen molar-refractivity contribution in [3.63, 3.8) is 0 Å². The van der Waals surface area contributed by atoms with Crippen LogP contribution in [0.15, 0.2) is 36.7 Å². The number of carbonyl (C=O) groups excluding carboxylic acids is 2. The maximum Gasteiger partial charge on any atom is 0.270 e. The molecule has 2 amide bonds. The summed E-state index contributed by atoms with van der Waals surface area (Å²) in [6.45, 7) is 9.96. The van der Waals surface area contributed by atoms with E-state index in [9.17, 15) is 9.59 Å². The van der Waals surface area contributed by atoms with Gasteiger partial charge in [0.1, 0.15) is 5.69 Å². The second-order valence-electron chi connectivity index (χ2n) is 10.9. The molecule has 2 N–H and O–H groups in total. The molecule has 0 bridgehead atoms. The van der Waals surface area contributed by atoms with Crippen molar-refractivity contribution >= 4 is 22.7 Å². The normalized spacial score (nSPS) is 20.3. The lowest BCUT2D eigenvalue weighted by molar-refractivity contribution is -0.125. The first kappa shape index (κ1) is 23.6. The van der Waals surface area contributed by atoms with E-state index in [0.29, 0.717) is 5.69 Å². The molecule has 0 radical (unpaired) electrons. The van der Waals surface area contributed by atoms with E-state index >= 15 is 0 Å². The minimum Gasteiger partial charge on any atom is -0.350 e. The van der Waals surface area contributed by atoms with Crippen molar-refractivity contribution < 1.29 is 9.59 Å². The molecule has 35 heavy (non-hydrogen) atoms. The van der Waals surface area contributed by atoms with Gasteiger partial charge in [0.2, 0.25) is 5.91 Å². The number of nitrogens with one attached hydrogen (secondary N) is 2. The maximum atomic E-state index is 13.2. The van der Waals surface area contributed by atoms with Crippen LogP contribution in [0.5, 0.6) is 0 Å². The summed E-state index contributed by atoms with van der Waals surface area (Å²) in [5, 5.41) is 4.27. The molecular formula is C29H36N4O2. The number of fused-ring (bicyclic) bond motifs is 1. The Labute approximate surface area is 207 Å². The van der Waals surface area contributed by atoms with Crippen LogP contribution in [0.25, 0.3) is 10.9 Å². The predicted molar refractivity (Wildman–Crippen MR) is 138 cm³/mol. The van der Waals surface area contributed by atoms with Gasteiger partial charge in [-0.25, -0.2) is 0 Å². The zero-order chi connectivity index (χ0) is 24.7. The number of aromatic nitrogens is 2. The van der Waals surface area contributed by atoms with Gasteiger partial charge in [-0.15, -0.1) is 0 Å². The summed E-state index contributed by atoms with van der Waals surface area (Å²) in [6, 6.07) is 8.17. The minimum absolute atomic E-state index is 0.00521. The molecule has 1 unspecified atom stereocenters. The van der Waals surface area contributed by atoms with Crippen molar-refractivity contribution in [3.8, 4) is 0 Å². The third-order valence-corrected chi connectivity index (χ3v) is 8.37. The van der Waals surface area contributed by atoms with Gasteiger partial charge in [-0.2, -0.15) is 0 Å². The number of benzene rings is 1. The summed E-state index contributed by atoms with van der Waals surface area (Å²) >= 11 is 0. The van der Waals surface area contributed by atoms with Crippen molar-refractivity contribution in [1.82, 2.24) is 20.2 Å². The van der Waals surface area contributed by atoms with Crippen LogP contribution >= 0.6 is 0 Å². The number of aryl methyl sites for hydroxylation is 3. The van der Waals surface area contributed by atoms with Crippen LogP contribution in [0.3, 0.4) is 0 Å². The van der Waals surface area contributed by atoms with Gasteiger partial charge in [0.15, 0.2) is 0 Å². The summed E-state index contributed by atoms with van der Waals surface area (Å²) < 4.78 is 0. The molecule has 5 rings (SSSR count). The van der Waals surface area contributed by atoms with E-state index < -0.39 is 0 Å². The van der Waals surface area contributed by atoms with E-state index in [-0.39, 0.29) is 29.2 Å². The molecule has 2 aliphatic rings. The molecule has 6 nitrogen and oxygen atoms in total. The number of hydrogen-bond acceptors (Lipinski definition) is 3. The molecule has 2 aromatic heterocycles. The summed E-state index contributed by atoms with van der Waals surface area (Å²) in [6.07, 6.45) is 8.38. The van der Waals surface area contributed by atoms with Crippen LogP contribution in [-0.2, 0) is 4.79 Å². The zero-order valence-electron chi connectivity index (χ0n) is 21.3. The molecule has 184 valence electrons. The molecule has 1 spiro atoms. The third-order valence-electron chi connectivity index (χ3n) is 8.37. The fraction of sp³-hybridized carbons (Fsp3) is 0.483. The standard InChI is InChI=1S/C29H36N4O2/c1-18-13-19(2)26(20(3)14-18)21(4)31-27(34)22-5-7-29(16-22)8-11-33(12-9-29)28(35)25-15-23-17-30-10-6-24(23)32-25/h6,10,13-15,17,21-22,32H,5,7-9,11-12,16H2,1-4H3,(H,31,34)/t21-,22?/m0/s1. The van der Waals surface area contributed by atoms with Gasteiger partial charge < -0.3 is 15.2 Å². The summed E-state index contributed by atoms with van der Waals surface area (Å²) in [5.74, 6) is 0.298. The highest BCUT2D eigenvalue weighted by molar-refractivity contribution is 5.97. The minimum atomic E-state index is 0.00521. The van der Waals surface area contributed by atoms with Crippen LogP contribution in [0, 0.1) is 32.1 Å². The number of piperidine rings is 1. The van der Waals surface area contributed by atoms with Gasteiger partial charge in [0.05, 0.1) is 6.04 Å². The van der Waals surface area contributed by atoms with Crippen LogP contribution in [0.2, 0.25) is 0 Å². The topological polar surface area (TPSA) is 78.1 Å². The Morgan fingerprint density at radius 2 is 1.83 bits per heavy atom. The highest BCUT2D eigenvalue weighted by Crippen LogP contribution is 2.49. The van der Waals surface area contributed by atoms with Crippen molar-refractivity contribution in [2.24, 2.45) is 11.3 Å². The van der Waals surface area contributed by atoms with Crippen molar-refractivity contribution in [3.05, 3.63) is 64.6 Å². The number of hydrogen-bond donors (Lipinski definition) is 2. The van der Waals surface area contributed by atoms with E-state index in [1.807, 2.05) is 17.0 Å². The van der Waals surface area contributed by atoms with E-state index in [2.05, 4.69) is 55.1 Å². The zero-order valence-corrected chi connectivity index (χ0v) is 21.3. The molecule has 2 fully saturated rings. The molecule has 2 atom stereocenters. The Morgan fingerprint density at radius 1 is 1.11 bits per heavy atom. The van der Waals surface area contributed by atoms with Crippen molar-refractivity contribution in [2.45, 2.75) is 65.8 Å². The second-order valence-corrected chi connectivity index (χ2v) is 10.9. The number of aromatic amines is 1. The fourth-order valence-corrected chi connectivity index (χ4v) is 6.60. The number of H-pyrrole nitrogens is 1. The molecule has 6 heteroatoms. The first-order valence-corrected chi connectivity index (χ1v) is 12.8. The SMILES string of the molecule is Cc1cc(C)c([C@H](C)NC(=O)C2CCC3(CCN(C(=O)c4cc5cnccc5[nH]4)CC3)C2)c(C)c1. The largest absolute Gasteiger partial charge is 0.350 e. The van der Waals surface area contributed by atoms with Crippen LogP contribution in [0.4, 0.5) is 0 Å². The Kier molecular flexibility index (Phi) is 6.16. The Morgan fingerprint density at radius 3 is 2.51 bits per heavy atom. The fourth-order valence-electron chi connectivity index (χ4n) is 6.60. The van der Waals surface area contributed by atoms with Gasteiger partial charge in [-0.3, -0.25) is 14.6 Å². The quantitative estimate of drug-likeness (QED) is 0.535. The van der Waals surface area contributed by atoms with Gasteiger partial charge in [-0.1, -0.05) is 17.7 Å². The van der Waals surface area contributed by atoms with Crippen LogP contribution < -0.4 is 5.32 Å². The lowest BCUT2D eigenvalue weighted by Crippen LogP contribution is -2.43. The molecule has 3 heterocycles. The smallest absolute Gasteiger partial charge is 0.270 e. The van der Waals surface area contributed by atoms with E-state index in [4.69, 9.17) is 0 Å². The highest BCUT2D eigenvalue weighted by atomic mass is 16.2. The molecule has 1 aromatic carbocycles. The number of amides is 2. The molecular weight excluding hydrogens is 436 g/mol. The van der Waals surface area contributed by atoms with Crippen molar-refractivity contribution in [2.75, 3.05) is 13.1 Å². The van der Waals surface area contributed by atoms with E-state index in [0.717, 1.165) is 56.1 Å². The monoisotopic (exact) mass is 472 g/mol. The number of rotatable bonds is 4. The number of nitrogens with zero attached hydrogens (tertiary/aromatic N) is 2. The molecule has 3 aromatic rings. The molecule has 1 aliphatic heterocycles. The Balaban J connectivity index is 1.18. The van der Waals surface area contributed by atoms with Crippen LogP contribution in [0.1, 0.15) is 77.8 Å². The van der Waals surface area contributed by atoms with E-state index in [1.54, 1.807) is 12.4 Å². The number of likely N-dealkylation sites (tertiary alicyclic amines) is 1. The number of pyridine rings is 1. The molecule has 1 saturated heterocycles. The predicted octanol–water partition coefficient (Wildman–Crippen LogP) is 5.39. The van der Waals surface area contributed by atoms with Crippen molar-refractivity contribution in [1.29, 1.82) is 0 Å². The average molecular weight is 473 g/mol. The lowest BCUT2D eigenvalue weighted by atomic mass is 9.76. The molecule has 1 aliphatic carbocycles. The molecule has 1 saturated carbocycles. The van der Waals surface area contributed by atoms with Gasteiger partial charge >= 0.3 is 0 Å². The summed E-state index contributed by atoms with van der Waals surface area (Å²) in [4.78, 5) is 35.6. The maximum absolute atomic E-state index is 13.2. The first-order valence-electron chi connectivity index (χ1n) is 12.8. The highest BCUT2D eigenvalue weighted by Gasteiger charge is 2.44. The summed E-state index contributed by atoms with van der Waals surface area (Å²) in [5.41, 5.74) is 6.71. The Bertz CT molecular complexity index is 1210. The van der Waals surface area contributed by atoms with Gasteiger partial charge in [0, 0.05) is 42.3 Å². The lowest BCUT2D eigenvalue weighted by Gasteiger charge is -2.39. The van der Waals surface area contributed by atoms with Crippen LogP contribution in [-0.4, -0.2) is 39.8 Å². The van der Waals surface area contributed by atoms with E-state index in [1.165, 1.54) is 22.3 Å². The second kappa shape index (κ2) is 9.14. The Hall–Kier alpha value is -3.15. The van der Waals surface area contributed by atoms with Gasteiger partial charge in [0.25, 0.3) is 5.91 Å². The average Bonchev–Trinajstić information content (AvgIpc) is 3.43. The van der Waals surface area contributed by atoms with Gasteiger partial charge in [-0.05, 0) is 94.0 Å². The summed E-state index contributed by atoms with van der Waals surface area (Å²) in [7, 11) is 0. The first-order chi connectivity index (χ1) is 16.7. The third kappa shape index (κ3) is 4.58. The number of carbonyl (C=O) groups is 2.